The molecular weight excluding hydrogens is 292 g/mol. The van der Waals surface area contributed by atoms with Gasteiger partial charge in [0.05, 0.1) is 17.6 Å². The van der Waals surface area contributed by atoms with Gasteiger partial charge in [0.15, 0.2) is 15.7 Å². The standard InChI is InChI=1S/C13H14N4O3S/c1-2-21(19,20)9-8-13(18)15-12-10-14-16-17(12)11-6-4-3-5-7-11/h2-7,10H,1,8-9H2,(H,15,18). The predicted molar refractivity (Wildman–Crippen MR) is 78.6 cm³/mol. The molecule has 110 valence electrons. The summed E-state index contributed by atoms with van der Waals surface area (Å²) in [6.07, 6.45) is 1.24. The highest BCUT2D eigenvalue weighted by atomic mass is 32.2. The molecule has 2 rings (SSSR count). The molecule has 1 aromatic carbocycles. The van der Waals surface area contributed by atoms with Crippen LogP contribution in [-0.2, 0) is 14.6 Å². The Hall–Kier alpha value is -2.48. The summed E-state index contributed by atoms with van der Waals surface area (Å²) in [5, 5.41) is 11.1. The molecule has 1 heterocycles. The van der Waals surface area contributed by atoms with Gasteiger partial charge in [0.25, 0.3) is 0 Å². The number of rotatable bonds is 6. The highest BCUT2D eigenvalue weighted by Crippen LogP contribution is 2.13. The summed E-state index contributed by atoms with van der Waals surface area (Å²) in [4.78, 5) is 11.8. The van der Waals surface area contributed by atoms with E-state index in [1.165, 1.54) is 10.9 Å². The first-order valence-electron chi connectivity index (χ1n) is 6.13. The average molecular weight is 306 g/mol. The van der Waals surface area contributed by atoms with Crippen LogP contribution in [0.4, 0.5) is 5.82 Å². The maximum absolute atomic E-state index is 11.8. The number of anilines is 1. The average Bonchev–Trinajstić information content (AvgIpc) is 2.94. The largest absolute Gasteiger partial charge is 0.309 e. The quantitative estimate of drug-likeness (QED) is 0.864. The molecule has 0 bridgehead atoms. The lowest BCUT2D eigenvalue weighted by Gasteiger charge is -2.07. The van der Waals surface area contributed by atoms with Crippen LogP contribution in [0.15, 0.2) is 48.5 Å². The van der Waals surface area contributed by atoms with Crippen molar-refractivity contribution in [3.63, 3.8) is 0 Å². The monoisotopic (exact) mass is 306 g/mol. The number of para-hydroxylation sites is 1. The molecule has 0 fully saturated rings. The van der Waals surface area contributed by atoms with Gasteiger partial charge in [-0.3, -0.25) is 4.79 Å². The minimum Gasteiger partial charge on any atom is -0.309 e. The minimum atomic E-state index is -3.39. The lowest BCUT2D eigenvalue weighted by molar-refractivity contribution is -0.115. The van der Waals surface area contributed by atoms with E-state index < -0.39 is 15.7 Å². The zero-order valence-electron chi connectivity index (χ0n) is 11.1. The van der Waals surface area contributed by atoms with Crippen LogP contribution in [0.5, 0.6) is 0 Å². The first kappa shape index (κ1) is 14.9. The third-order valence-electron chi connectivity index (χ3n) is 2.69. The fourth-order valence-electron chi connectivity index (χ4n) is 1.60. The van der Waals surface area contributed by atoms with Crippen LogP contribution in [0.1, 0.15) is 6.42 Å². The van der Waals surface area contributed by atoms with Crippen LogP contribution in [0.2, 0.25) is 0 Å². The number of nitrogens with zero attached hydrogens (tertiary/aromatic N) is 3. The highest BCUT2D eigenvalue weighted by Gasteiger charge is 2.13. The molecule has 0 atom stereocenters. The molecule has 1 aromatic heterocycles. The second-order valence-electron chi connectivity index (χ2n) is 4.20. The van der Waals surface area contributed by atoms with Crippen molar-refractivity contribution < 1.29 is 13.2 Å². The number of sulfone groups is 1. The molecule has 21 heavy (non-hydrogen) atoms. The number of amides is 1. The minimum absolute atomic E-state index is 0.158. The molecule has 2 aromatic rings. The number of hydrogen-bond donors (Lipinski definition) is 1. The van der Waals surface area contributed by atoms with Crippen molar-refractivity contribution in [1.82, 2.24) is 15.0 Å². The summed E-state index contributed by atoms with van der Waals surface area (Å²) in [6, 6.07) is 9.15. The topological polar surface area (TPSA) is 93.9 Å². The Morgan fingerprint density at radius 3 is 2.71 bits per heavy atom. The fraction of sp³-hybridized carbons (Fsp3) is 0.154. The van der Waals surface area contributed by atoms with Crippen molar-refractivity contribution >= 4 is 21.6 Å². The number of nitrogens with one attached hydrogen (secondary N) is 1. The van der Waals surface area contributed by atoms with Gasteiger partial charge in [-0.2, -0.15) is 4.68 Å². The Labute approximate surface area is 122 Å². The van der Waals surface area contributed by atoms with Crippen molar-refractivity contribution in [3.8, 4) is 5.69 Å². The normalized spacial score (nSPS) is 11.0. The van der Waals surface area contributed by atoms with Crippen molar-refractivity contribution in [2.24, 2.45) is 0 Å². The number of hydrogen-bond acceptors (Lipinski definition) is 5. The number of aromatic nitrogens is 3. The van der Waals surface area contributed by atoms with Gasteiger partial charge < -0.3 is 5.32 Å². The van der Waals surface area contributed by atoms with E-state index >= 15 is 0 Å². The van der Waals surface area contributed by atoms with Crippen LogP contribution in [0.25, 0.3) is 5.69 Å². The Morgan fingerprint density at radius 2 is 2.05 bits per heavy atom. The van der Waals surface area contributed by atoms with Gasteiger partial charge in [0, 0.05) is 11.8 Å². The van der Waals surface area contributed by atoms with Crippen molar-refractivity contribution in [2.75, 3.05) is 11.1 Å². The third kappa shape index (κ3) is 3.99. The van der Waals surface area contributed by atoms with E-state index in [1.807, 2.05) is 30.3 Å². The zero-order chi connectivity index (χ0) is 15.3. The number of carbonyl (C=O) groups excluding carboxylic acids is 1. The van der Waals surface area contributed by atoms with Crippen molar-refractivity contribution in [2.45, 2.75) is 6.42 Å². The maximum Gasteiger partial charge on any atom is 0.226 e. The predicted octanol–water partition coefficient (Wildman–Crippen LogP) is 1.15. The Morgan fingerprint density at radius 1 is 1.33 bits per heavy atom. The van der Waals surface area contributed by atoms with E-state index in [2.05, 4.69) is 22.2 Å². The first-order chi connectivity index (χ1) is 10.0. The lowest BCUT2D eigenvalue weighted by Crippen LogP contribution is -2.18. The summed E-state index contributed by atoms with van der Waals surface area (Å²) in [5.41, 5.74) is 0.740. The third-order valence-corrected chi connectivity index (χ3v) is 3.97. The summed E-state index contributed by atoms with van der Waals surface area (Å²) >= 11 is 0. The molecular formula is C13H14N4O3S. The van der Waals surface area contributed by atoms with E-state index in [-0.39, 0.29) is 12.2 Å². The van der Waals surface area contributed by atoms with E-state index in [0.717, 1.165) is 11.1 Å². The second-order valence-corrected chi connectivity index (χ2v) is 6.27. The summed E-state index contributed by atoms with van der Waals surface area (Å²) in [6.45, 7) is 3.20. The van der Waals surface area contributed by atoms with Crippen LogP contribution in [0.3, 0.4) is 0 Å². The number of benzene rings is 1. The van der Waals surface area contributed by atoms with Crippen molar-refractivity contribution in [1.29, 1.82) is 0 Å². The van der Waals surface area contributed by atoms with E-state index in [9.17, 15) is 13.2 Å². The van der Waals surface area contributed by atoms with Gasteiger partial charge in [-0.25, -0.2) is 8.42 Å². The van der Waals surface area contributed by atoms with Crippen LogP contribution in [-0.4, -0.2) is 35.1 Å². The molecule has 0 aliphatic rings. The summed E-state index contributed by atoms with van der Waals surface area (Å²) in [5.74, 6) is -0.336. The van der Waals surface area contributed by atoms with Crippen LogP contribution in [0, 0.1) is 0 Å². The molecule has 0 spiro atoms. The summed E-state index contributed by atoms with van der Waals surface area (Å²) in [7, 11) is -3.39. The number of carbonyl (C=O) groups is 1. The van der Waals surface area contributed by atoms with E-state index in [1.54, 1.807) is 0 Å². The molecule has 1 amide bonds. The lowest BCUT2D eigenvalue weighted by atomic mass is 10.3. The van der Waals surface area contributed by atoms with Gasteiger partial charge in [0.1, 0.15) is 0 Å². The molecule has 0 aliphatic heterocycles. The zero-order valence-corrected chi connectivity index (χ0v) is 12.0. The van der Waals surface area contributed by atoms with Crippen LogP contribution < -0.4 is 5.32 Å². The summed E-state index contributed by atoms with van der Waals surface area (Å²) < 4.78 is 24.0. The molecule has 1 N–H and O–H groups in total. The van der Waals surface area contributed by atoms with Crippen LogP contribution >= 0.6 is 0 Å². The van der Waals surface area contributed by atoms with E-state index in [0.29, 0.717) is 5.82 Å². The van der Waals surface area contributed by atoms with Crippen molar-refractivity contribution in [3.05, 3.63) is 48.5 Å². The van der Waals surface area contributed by atoms with Gasteiger partial charge in [-0.1, -0.05) is 30.0 Å². The molecule has 7 nitrogen and oxygen atoms in total. The highest BCUT2D eigenvalue weighted by molar-refractivity contribution is 7.94. The Bertz CT molecular complexity index is 738. The van der Waals surface area contributed by atoms with Gasteiger partial charge >= 0.3 is 0 Å². The Kier molecular flexibility index (Phi) is 4.49. The Balaban J connectivity index is 2.06. The molecule has 0 unspecified atom stereocenters. The SMILES string of the molecule is C=CS(=O)(=O)CCC(=O)Nc1cnnn1-c1ccccc1. The van der Waals surface area contributed by atoms with Gasteiger partial charge in [-0.05, 0) is 12.1 Å². The smallest absolute Gasteiger partial charge is 0.226 e. The second kappa shape index (κ2) is 6.31. The first-order valence-corrected chi connectivity index (χ1v) is 7.84. The van der Waals surface area contributed by atoms with Gasteiger partial charge in [0.2, 0.25) is 5.91 Å². The fourth-order valence-corrected chi connectivity index (χ4v) is 2.24. The van der Waals surface area contributed by atoms with Gasteiger partial charge in [-0.15, -0.1) is 5.10 Å². The molecule has 0 saturated heterocycles. The molecule has 8 heteroatoms. The molecule has 0 saturated carbocycles. The van der Waals surface area contributed by atoms with E-state index in [4.69, 9.17) is 0 Å². The molecule has 0 aliphatic carbocycles. The maximum atomic E-state index is 11.8. The molecule has 0 radical (unpaired) electrons.